The lowest BCUT2D eigenvalue weighted by molar-refractivity contribution is 0.0786. The van der Waals surface area contributed by atoms with Gasteiger partial charge in [-0.3, -0.25) is 9.59 Å². The van der Waals surface area contributed by atoms with E-state index in [9.17, 15) is 14.0 Å². The van der Waals surface area contributed by atoms with Crippen LogP contribution >= 0.6 is 11.6 Å². The Bertz CT molecular complexity index is 1490. The van der Waals surface area contributed by atoms with Crippen LogP contribution in [0.3, 0.4) is 0 Å². The number of hydrogen-bond donors (Lipinski definition) is 3. The number of benzene rings is 2. The molecule has 3 heterocycles. The minimum atomic E-state index is -1.26. The number of likely N-dealkylation sites (tertiary alicyclic amines) is 1. The van der Waals surface area contributed by atoms with Crippen LogP contribution in [0.5, 0.6) is 17.4 Å². The third kappa shape index (κ3) is 5.89. The first-order chi connectivity index (χ1) is 19.7. The number of rotatable bonds is 8. The van der Waals surface area contributed by atoms with Crippen molar-refractivity contribution < 1.29 is 27.8 Å². The molecule has 0 radical (unpaired) electrons. The molecule has 2 aromatic carbocycles. The number of piperidine rings is 1. The first-order valence-electron chi connectivity index (χ1n) is 13.1. The van der Waals surface area contributed by atoms with Gasteiger partial charge in [-0.15, -0.1) is 0 Å². The second kappa shape index (κ2) is 11.8. The number of carbonyl (C=O) groups excluding carboxylic acids is 2. The summed E-state index contributed by atoms with van der Waals surface area (Å²) in [5, 5.41) is 8.37. The van der Waals surface area contributed by atoms with Crippen LogP contribution in [0.4, 0.5) is 20.4 Å². The molecule has 0 bridgehead atoms. The minimum Gasteiger partial charge on any atom is -0.495 e. The third-order valence-electron chi connectivity index (χ3n) is 7.19. The van der Waals surface area contributed by atoms with Crippen LogP contribution in [0.25, 0.3) is 0 Å². The van der Waals surface area contributed by atoms with E-state index in [1.54, 1.807) is 12.1 Å². The van der Waals surface area contributed by atoms with Gasteiger partial charge in [0.2, 0.25) is 11.8 Å². The zero-order chi connectivity index (χ0) is 29.3. The lowest BCUT2D eigenvalue weighted by Crippen LogP contribution is -2.52. The van der Waals surface area contributed by atoms with E-state index in [-0.39, 0.29) is 58.1 Å². The van der Waals surface area contributed by atoms with Gasteiger partial charge in [-0.05, 0) is 37.6 Å². The van der Waals surface area contributed by atoms with Crippen LogP contribution in [0.2, 0.25) is 5.02 Å². The quantitative estimate of drug-likeness (QED) is 0.345. The summed E-state index contributed by atoms with van der Waals surface area (Å²) in [5.74, 6) is -1.51. The van der Waals surface area contributed by atoms with E-state index in [0.717, 1.165) is 18.2 Å². The van der Waals surface area contributed by atoms with Gasteiger partial charge in [0, 0.05) is 19.2 Å². The molecule has 5 rings (SSSR count). The summed E-state index contributed by atoms with van der Waals surface area (Å²) < 4.78 is 41.0. The van der Waals surface area contributed by atoms with Gasteiger partial charge in [0.25, 0.3) is 11.8 Å². The molecule has 2 aliphatic rings. The van der Waals surface area contributed by atoms with Crippen molar-refractivity contribution >= 4 is 35.1 Å². The molecule has 0 spiro atoms. The normalized spacial score (nSPS) is 20.2. The Hall–Kier alpha value is -4.03. The fraction of sp³-hybridized carbons (Fsp3) is 0.357. The van der Waals surface area contributed by atoms with E-state index < -0.39 is 23.9 Å². The Morgan fingerprint density at radius 1 is 1.29 bits per heavy atom. The Balaban J connectivity index is 1.35. The summed E-state index contributed by atoms with van der Waals surface area (Å²) in [7, 11) is 1.36. The van der Waals surface area contributed by atoms with Gasteiger partial charge in [-0.25, -0.2) is 13.8 Å². The van der Waals surface area contributed by atoms with Gasteiger partial charge in [0.1, 0.15) is 28.5 Å². The smallest absolute Gasteiger partial charge is 0.255 e. The van der Waals surface area contributed by atoms with Gasteiger partial charge in [0.05, 0.1) is 42.2 Å². The van der Waals surface area contributed by atoms with E-state index >= 15 is 4.39 Å². The van der Waals surface area contributed by atoms with Crippen LogP contribution in [-0.4, -0.2) is 65.6 Å². The predicted molar refractivity (Wildman–Crippen MR) is 149 cm³/mol. The molecule has 2 amide bonds. The average Bonchev–Trinajstić information content (AvgIpc) is 3.25. The topological polar surface area (TPSA) is 118 Å². The highest BCUT2D eigenvalue weighted by Crippen LogP contribution is 2.37. The number of methoxy groups -OCH3 is 1. The first-order valence-corrected chi connectivity index (χ1v) is 13.5. The zero-order valence-electron chi connectivity index (χ0n) is 22.6. The number of anilines is 2. The van der Waals surface area contributed by atoms with Crippen molar-refractivity contribution in [2.45, 2.75) is 38.5 Å². The van der Waals surface area contributed by atoms with Gasteiger partial charge in [-0.1, -0.05) is 30.7 Å². The Morgan fingerprint density at radius 3 is 2.83 bits per heavy atom. The molecule has 2 aliphatic heterocycles. The van der Waals surface area contributed by atoms with Crippen molar-refractivity contribution in [3.8, 4) is 17.4 Å². The van der Waals surface area contributed by atoms with Crippen molar-refractivity contribution in [3.05, 3.63) is 64.1 Å². The fourth-order valence-electron chi connectivity index (χ4n) is 4.95. The number of amides is 2. The predicted octanol–water partition coefficient (Wildman–Crippen LogP) is 4.78. The Labute approximate surface area is 240 Å². The molecular weight excluding hydrogens is 558 g/mol. The Kier molecular flexibility index (Phi) is 8.22. The molecule has 1 fully saturated rings. The molecule has 10 nitrogen and oxygen atoms in total. The molecule has 0 saturated carbocycles. The van der Waals surface area contributed by atoms with Gasteiger partial charge in [-0.2, -0.15) is 4.98 Å². The number of alkyl halides is 1. The number of carbonyl (C=O) groups is 2. The molecular formula is C28H29ClF2N6O4. The number of nitrogens with one attached hydrogen (secondary N) is 3. The summed E-state index contributed by atoms with van der Waals surface area (Å²) in [6.07, 6.45) is 0.458. The standard InChI is InChI=1S/C28H29ClF2N6O4/c1-4-37-9-8-20(19(31)13-37)34-25(38)16-10-23(40-3)21(11-18(16)30)35-28-32-12-17(29)27(36-28)41-22-7-5-6-15-14(2)33-26(39)24(15)22/h5-7,10-12,14,19-20H,4,8-9,13H2,1-3H3,(H,33,39)(H,34,38)(H,32,35,36)/t14-,19+,20-/m0/s1. The minimum absolute atomic E-state index is 0.00680. The maximum absolute atomic E-state index is 15.1. The maximum Gasteiger partial charge on any atom is 0.255 e. The van der Waals surface area contributed by atoms with Crippen LogP contribution in [-0.2, 0) is 0 Å². The van der Waals surface area contributed by atoms with E-state index in [1.165, 1.54) is 19.4 Å². The van der Waals surface area contributed by atoms with Crippen LogP contribution in [0.1, 0.15) is 52.6 Å². The summed E-state index contributed by atoms with van der Waals surface area (Å²) in [6, 6.07) is 6.62. The van der Waals surface area contributed by atoms with Gasteiger partial charge >= 0.3 is 0 Å². The number of ether oxygens (including phenoxy) is 2. The first kappa shape index (κ1) is 28.5. The van der Waals surface area contributed by atoms with Crippen LogP contribution < -0.4 is 25.4 Å². The van der Waals surface area contributed by atoms with Gasteiger partial charge < -0.3 is 30.3 Å². The number of halogens is 3. The molecule has 41 heavy (non-hydrogen) atoms. The highest BCUT2D eigenvalue weighted by atomic mass is 35.5. The molecule has 0 aliphatic carbocycles. The summed E-state index contributed by atoms with van der Waals surface area (Å²) in [6.45, 7) is 5.38. The SMILES string of the molecule is CCN1CC[C@H](NC(=O)c2cc(OC)c(Nc3ncc(Cl)c(Oc4cccc5c4C(=O)N[C@H]5C)n3)cc2F)[C@H](F)C1. The molecule has 3 atom stereocenters. The molecule has 216 valence electrons. The molecule has 3 aromatic rings. The lowest BCUT2D eigenvalue weighted by atomic mass is 10.0. The van der Waals surface area contributed by atoms with Gasteiger partial charge in [0.15, 0.2) is 0 Å². The maximum atomic E-state index is 15.1. The molecule has 0 unspecified atom stereocenters. The van der Waals surface area contributed by atoms with E-state index in [0.29, 0.717) is 18.5 Å². The zero-order valence-corrected chi connectivity index (χ0v) is 23.4. The fourth-order valence-corrected chi connectivity index (χ4v) is 5.08. The highest BCUT2D eigenvalue weighted by molar-refractivity contribution is 6.31. The number of fused-ring (bicyclic) bond motifs is 1. The van der Waals surface area contributed by atoms with Crippen molar-refractivity contribution in [2.24, 2.45) is 0 Å². The average molecular weight is 587 g/mol. The lowest BCUT2D eigenvalue weighted by Gasteiger charge is -2.34. The molecule has 3 N–H and O–H groups in total. The van der Waals surface area contributed by atoms with Crippen molar-refractivity contribution in [2.75, 3.05) is 32.1 Å². The van der Waals surface area contributed by atoms with E-state index in [1.807, 2.05) is 24.8 Å². The summed E-state index contributed by atoms with van der Waals surface area (Å²) >= 11 is 6.27. The summed E-state index contributed by atoms with van der Waals surface area (Å²) in [4.78, 5) is 35.7. The Morgan fingerprint density at radius 2 is 2.10 bits per heavy atom. The van der Waals surface area contributed by atoms with Crippen molar-refractivity contribution in [1.82, 2.24) is 25.5 Å². The number of hydrogen-bond acceptors (Lipinski definition) is 8. The second-order valence-electron chi connectivity index (χ2n) is 9.80. The largest absolute Gasteiger partial charge is 0.495 e. The van der Waals surface area contributed by atoms with Crippen molar-refractivity contribution in [3.63, 3.8) is 0 Å². The number of nitrogens with zero attached hydrogens (tertiary/aromatic N) is 3. The molecule has 13 heteroatoms. The highest BCUT2D eigenvalue weighted by Gasteiger charge is 2.31. The monoisotopic (exact) mass is 586 g/mol. The van der Waals surface area contributed by atoms with Crippen molar-refractivity contribution in [1.29, 1.82) is 0 Å². The van der Waals surface area contributed by atoms with Crippen LogP contribution in [0.15, 0.2) is 36.5 Å². The molecule has 1 aromatic heterocycles. The third-order valence-corrected chi connectivity index (χ3v) is 7.45. The van der Waals surface area contributed by atoms with E-state index in [4.69, 9.17) is 21.1 Å². The molecule has 1 saturated heterocycles. The second-order valence-corrected chi connectivity index (χ2v) is 10.2. The van der Waals surface area contributed by atoms with E-state index in [2.05, 4.69) is 25.9 Å². The number of aromatic nitrogens is 2. The summed E-state index contributed by atoms with van der Waals surface area (Å²) in [5.41, 5.74) is 1.01. The van der Waals surface area contributed by atoms with Crippen LogP contribution in [0, 0.1) is 5.82 Å².